The molecule has 0 amide bonds. The molecule has 7 nitrogen and oxygen atoms in total. The molecule has 1 fully saturated rings. The molecule has 0 saturated carbocycles. The van der Waals surface area contributed by atoms with Crippen LogP contribution in [0.15, 0.2) is 11.2 Å². The van der Waals surface area contributed by atoms with Crippen molar-refractivity contribution in [3.05, 3.63) is 6.20 Å². The Morgan fingerprint density at radius 2 is 1.94 bits per heavy atom. The second-order valence-corrected chi connectivity index (χ2v) is 6.37. The quantitative estimate of drug-likeness (QED) is 0.751. The molecule has 8 heteroatoms. The predicted octanol–water partition coefficient (Wildman–Crippen LogP) is -0.814. The summed E-state index contributed by atoms with van der Waals surface area (Å²) in [5, 5.41) is 10.7. The van der Waals surface area contributed by atoms with Gasteiger partial charge in [-0.1, -0.05) is 5.21 Å². The van der Waals surface area contributed by atoms with Crippen LogP contribution in [0.5, 0.6) is 0 Å². The van der Waals surface area contributed by atoms with E-state index in [1.54, 1.807) is 7.05 Å². The van der Waals surface area contributed by atoms with Crippen molar-refractivity contribution in [3.8, 4) is 0 Å². The Morgan fingerprint density at radius 1 is 1.35 bits per heavy atom. The molecule has 17 heavy (non-hydrogen) atoms. The van der Waals surface area contributed by atoms with Crippen LogP contribution in [0.3, 0.4) is 0 Å². The van der Waals surface area contributed by atoms with Crippen LogP contribution in [-0.4, -0.2) is 52.9 Å². The van der Waals surface area contributed by atoms with Crippen LogP contribution in [0.4, 0.5) is 0 Å². The third-order valence-electron chi connectivity index (χ3n) is 2.80. The minimum atomic E-state index is -3.48. The lowest BCUT2D eigenvalue weighted by molar-refractivity contribution is 0.261. The Balaban J connectivity index is 2.30. The minimum Gasteiger partial charge on any atom is -0.309 e. The molecule has 1 aliphatic rings. The summed E-state index contributed by atoms with van der Waals surface area (Å²) >= 11 is 0. The summed E-state index contributed by atoms with van der Waals surface area (Å²) in [5.41, 5.74) is 0. The maximum Gasteiger partial charge on any atom is 0.261 e. The molecule has 0 aromatic carbocycles. The molecule has 1 aromatic rings. The van der Waals surface area contributed by atoms with Gasteiger partial charge in [-0.15, -0.1) is 5.10 Å². The summed E-state index contributed by atoms with van der Waals surface area (Å²) in [6.07, 6.45) is 1.28. The second-order valence-electron chi connectivity index (χ2n) is 4.49. The zero-order chi connectivity index (χ0) is 12.6. The van der Waals surface area contributed by atoms with Gasteiger partial charge in [0.05, 0.1) is 6.20 Å². The van der Waals surface area contributed by atoms with Crippen molar-refractivity contribution in [2.75, 3.05) is 13.1 Å². The summed E-state index contributed by atoms with van der Waals surface area (Å²) in [7, 11) is -1.91. The summed E-state index contributed by atoms with van der Waals surface area (Å²) in [6, 6.07) is 0.296. The van der Waals surface area contributed by atoms with Crippen molar-refractivity contribution in [1.29, 1.82) is 0 Å². The zero-order valence-electron chi connectivity index (χ0n) is 10.2. The molecule has 96 valence electrons. The van der Waals surface area contributed by atoms with Crippen LogP contribution in [0.2, 0.25) is 0 Å². The van der Waals surface area contributed by atoms with E-state index in [1.165, 1.54) is 15.2 Å². The minimum absolute atomic E-state index is 0.138. The third kappa shape index (κ3) is 2.33. The van der Waals surface area contributed by atoms with Crippen molar-refractivity contribution < 1.29 is 8.42 Å². The first-order valence-corrected chi connectivity index (χ1v) is 6.96. The fraction of sp³-hybridized carbons (Fsp3) is 0.778. The first kappa shape index (κ1) is 12.5. The zero-order valence-corrected chi connectivity index (χ0v) is 11.0. The fourth-order valence-electron chi connectivity index (χ4n) is 2.12. The monoisotopic (exact) mass is 259 g/mol. The van der Waals surface area contributed by atoms with Crippen LogP contribution in [0, 0.1) is 0 Å². The lowest BCUT2D eigenvalue weighted by atomic mass is 10.2. The second kappa shape index (κ2) is 4.35. The summed E-state index contributed by atoms with van der Waals surface area (Å²) in [6.45, 7) is 4.88. The van der Waals surface area contributed by atoms with Gasteiger partial charge in [-0.2, -0.15) is 4.31 Å². The molecule has 1 saturated heterocycles. The largest absolute Gasteiger partial charge is 0.309 e. The predicted molar refractivity (Wildman–Crippen MR) is 61.8 cm³/mol. The third-order valence-corrected chi connectivity index (χ3v) is 4.68. The number of rotatable bonds is 2. The Hall–Kier alpha value is -0.990. The molecular weight excluding hydrogens is 242 g/mol. The Kier molecular flexibility index (Phi) is 3.19. The number of hydrogen-bond acceptors (Lipinski definition) is 5. The summed E-state index contributed by atoms with van der Waals surface area (Å²) in [4.78, 5) is 0. The molecule has 0 aliphatic carbocycles. The van der Waals surface area contributed by atoms with Gasteiger partial charge in [-0.25, -0.2) is 13.1 Å². The molecule has 0 bridgehead atoms. The van der Waals surface area contributed by atoms with Gasteiger partial charge in [0.2, 0.25) is 0 Å². The van der Waals surface area contributed by atoms with Gasteiger partial charge in [0.1, 0.15) is 0 Å². The van der Waals surface area contributed by atoms with Gasteiger partial charge in [-0.3, -0.25) is 0 Å². The summed E-state index contributed by atoms with van der Waals surface area (Å²) in [5.74, 6) is 0. The van der Waals surface area contributed by atoms with Gasteiger partial charge in [0, 0.05) is 32.2 Å². The highest BCUT2D eigenvalue weighted by atomic mass is 32.2. The molecule has 2 heterocycles. The fourth-order valence-corrected chi connectivity index (χ4v) is 3.77. The maximum atomic E-state index is 12.4. The number of hydrogen-bond donors (Lipinski definition) is 1. The first-order chi connectivity index (χ1) is 7.91. The molecule has 1 aliphatic heterocycles. The van der Waals surface area contributed by atoms with E-state index >= 15 is 0 Å². The van der Waals surface area contributed by atoms with Crippen molar-refractivity contribution >= 4 is 10.0 Å². The van der Waals surface area contributed by atoms with Gasteiger partial charge in [0.25, 0.3) is 10.0 Å². The molecule has 1 N–H and O–H groups in total. The van der Waals surface area contributed by atoms with Crippen LogP contribution >= 0.6 is 0 Å². The molecule has 1 aromatic heterocycles. The van der Waals surface area contributed by atoms with E-state index in [0.29, 0.717) is 13.1 Å². The van der Waals surface area contributed by atoms with Gasteiger partial charge in [0.15, 0.2) is 5.03 Å². The summed E-state index contributed by atoms with van der Waals surface area (Å²) < 4.78 is 27.5. The van der Waals surface area contributed by atoms with Gasteiger partial charge < -0.3 is 5.32 Å². The standard InChI is InChI=1S/C9H17N5O2S/c1-7-5-14(6-8(2)11-7)17(15,16)9-4-10-12-13(9)3/h4,7-8,11H,5-6H2,1-3H3. The Morgan fingerprint density at radius 3 is 2.41 bits per heavy atom. The number of sulfonamides is 1. The maximum absolute atomic E-state index is 12.4. The van der Waals surface area contributed by atoms with Crippen molar-refractivity contribution in [2.45, 2.75) is 31.0 Å². The van der Waals surface area contributed by atoms with Crippen LogP contribution in [0.25, 0.3) is 0 Å². The van der Waals surface area contributed by atoms with Crippen molar-refractivity contribution in [3.63, 3.8) is 0 Å². The average Bonchev–Trinajstić information content (AvgIpc) is 2.63. The number of piperazine rings is 1. The number of nitrogens with one attached hydrogen (secondary N) is 1. The highest BCUT2D eigenvalue weighted by Gasteiger charge is 2.33. The number of nitrogens with zero attached hydrogens (tertiary/aromatic N) is 4. The first-order valence-electron chi connectivity index (χ1n) is 5.52. The van der Waals surface area contributed by atoms with Crippen molar-refractivity contribution in [2.24, 2.45) is 7.05 Å². The normalized spacial score (nSPS) is 27.2. The van der Waals surface area contributed by atoms with Crippen LogP contribution < -0.4 is 5.32 Å². The van der Waals surface area contributed by atoms with E-state index in [1.807, 2.05) is 13.8 Å². The van der Waals surface area contributed by atoms with E-state index in [-0.39, 0.29) is 17.1 Å². The molecule has 2 atom stereocenters. The molecule has 0 spiro atoms. The molecular formula is C9H17N5O2S. The van der Waals surface area contributed by atoms with Crippen LogP contribution in [0.1, 0.15) is 13.8 Å². The highest BCUT2D eigenvalue weighted by Crippen LogP contribution is 2.16. The SMILES string of the molecule is CC1CN(S(=O)(=O)c2cnnn2C)CC(C)N1. The van der Waals surface area contributed by atoms with E-state index in [4.69, 9.17) is 0 Å². The highest BCUT2D eigenvalue weighted by molar-refractivity contribution is 7.89. The van der Waals surface area contributed by atoms with E-state index in [0.717, 1.165) is 0 Å². The molecule has 0 radical (unpaired) electrons. The van der Waals surface area contributed by atoms with E-state index in [2.05, 4.69) is 15.6 Å². The smallest absolute Gasteiger partial charge is 0.261 e. The van der Waals surface area contributed by atoms with Crippen LogP contribution in [-0.2, 0) is 17.1 Å². The topological polar surface area (TPSA) is 80.1 Å². The Labute approximate surface area is 101 Å². The molecule has 2 rings (SSSR count). The number of aromatic nitrogens is 3. The van der Waals surface area contributed by atoms with Gasteiger partial charge >= 0.3 is 0 Å². The van der Waals surface area contributed by atoms with E-state index < -0.39 is 10.0 Å². The average molecular weight is 259 g/mol. The van der Waals surface area contributed by atoms with Crippen molar-refractivity contribution in [1.82, 2.24) is 24.6 Å². The van der Waals surface area contributed by atoms with Gasteiger partial charge in [-0.05, 0) is 13.8 Å². The number of aryl methyl sites for hydroxylation is 1. The lowest BCUT2D eigenvalue weighted by Gasteiger charge is -2.34. The molecule has 2 unspecified atom stereocenters. The Bertz CT molecular complexity index is 487. The van der Waals surface area contributed by atoms with E-state index in [9.17, 15) is 8.42 Å². The lowest BCUT2D eigenvalue weighted by Crippen LogP contribution is -2.55.